The van der Waals surface area contributed by atoms with Crippen molar-refractivity contribution in [3.8, 4) is 11.4 Å². The molecule has 0 fully saturated rings. The Hall–Kier alpha value is -3.55. The lowest BCUT2D eigenvalue weighted by Crippen LogP contribution is -2.33. The predicted molar refractivity (Wildman–Crippen MR) is 106 cm³/mol. The number of nitrogens with zero attached hydrogens (tertiary/aromatic N) is 5. The second-order valence-electron chi connectivity index (χ2n) is 6.57. The Morgan fingerprint density at radius 2 is 2.00 bits per heavy atom. The maximum Gasteiger partial charge on any atom is 0.254 e. The van der Waals surface area contributed by atoms with E-state index in [2.05, 4.69) is 30.6 Å². The molecule has 4 rings (SSSR count). The zero-order valence-electron chi connectivity index (χ0n) is 15.8. The van der Waals surface area contributed by atoms with Crippen molar-refractivity contribution in [3.05, 3.63) is 59.4 Å². The second-order valence-corrected chi connectivity index (χ2v) is 6.57. The number of tetrazole rings is 1. The molecule has 0 unspecified atom stereocenters. The molecule has 0 saturated heterocycles. The summed E-state index contributed by atoms with van der Waals surface area (Å²) >= 11 is 0. The van der Waals surface area contributed by atoms with Crippen LogP contribution in [0.15, 0.2) is 42.5 Å². The normalized spacial score (nSPS) is 11.1. The molecule has 2 aromatic carbocycles. The van der Waals surface area contributed by atoms with Crippen molar-refractivity contribution >= 4 is 16.9 Å². The number of benzene rings is 2. The van der Waals surface area contributed by atoms with E-state index in [1.807, 2.05) is 50.2 Å². The molecule has 0 aliphatic heterocycles. The Kier molecular flexibility index (Phi) is 4.84. The van der Waals surface area contributed by atoms with Crippen LogP contribution in [0.4, 0.5) is 0 Å². The van der Waals surface area contributed by atoms with Crippen LogP contribution in [0.1, 0.15) is 28.7 Å². The van der Waals surface area contributed by atoms with E-state index in [9.17, 15) is 4.79 Å². The number of amides is 1. The largest absolute Gasteiger partial charge is 0.342 e. The number of fused-ring (bicyclic) bond motifs is 1. The van der Waals surface area contributed by atoms with Crippen molar-refractivity contribution in [2.24, 2.45) is 0 Å². The van der Waals surface area contributed by atoms with E-state index in [4.69, 9.17) is 0 Å². The molecule has 0 aliphatic carbocycles. The maximum absolute atomic E-state index is 13.1. The first-order valence-electron chi connectivity index (χ1n) is 9.23. The Bertz CT molecular complexity index is 1100. The molecule has 4 aromatic rings. The highest BCUT2D eigenvalue weighted by molar-refractivity contribution is 6.00. The molecule has 2 N–H and O–H groups in total. The van der Waals surface area contributed by atoms with Crippen molar-refractivity contribution in [2.75, 3.05) is 13.1 Å². The first-order valence-corrected chi connectivity index (χ1v) is 9.23. The number of aromatic amines is 2. The van der Waals surface area contributed by atoms with Crippen LogP contribution in [0.3, 0.4) is 0 Å². The first-order chi connectivity index (χ1) is 13.7. The molecule has 2 aromatic heterocycles. The van der Waals surface area contributed by atoms with Gasteiger partial charge in [-0.15, -0.1) is 10.2 Å². The summed E-state index contributed by atoms with van der Waals surface area (Å²) in [5, 5.41) is 14.0. The molecule has 0 bridgehead atoms. The van der Waals surface area contributed by atoms with Crippen molar-refractivity contribution < 1.29 is 4.79 Å². The Labute approximate surface area is 162 Å². The highest BCUT2D eigenvalue weighted by atomic mass is 16.2. The quantitative estimate of drug-likeness (QED) is 0.539. The van der Waals surface area contributed by atoms with E-state index in [0.717, 1.165) is 22.4 Å². The second kappa shape index (κ2) is 7.59. The third kappa shape index (κ3) is 3.36. The van der Waals surface area contributed by atoms with Gasteiger partial charge in [0, 0.05) is 25.1 Å². The number of imidazole rings is 1. The number of hydrogen-bond donors (Lipinski definition) is 2. The number of rotatable bonds is 6. The van der Waals surface area contributed by atoms with Gasteiger partial charge < -0.3 is 9.88 Å². The Morgan fingerprint density at radius 1 is 1.14 bits per heavy atom. The van der Waals surface area contributed by atoms with Gasteiger partial charge in [-0.3, -0.25) is 4.79 Å². The summed E-state index contributed by atoms with van der Waals surface area (Å²) in [5.74, 6) is 1.23. The molecule has 0 spiro atoms. The predicted octanol–water partition coefficient (Wildman–Crippen LogP) is 2.76. The number of nitrogens with one attached hydrogen (secondary N) is 2. The zero-order valence-corrected chi connectivity index (χ0v) is 15.8. The molecule has 1 amide bonds. The minimum absolute atomic E-state index is 0.0600. The fourth-order valence-corrected chi connectivity index (χ4v) is 3.30. The number of aromatic nitrogens is 6. The summed E-state index contributed by atoms with van der Waals surface area (Å²) in [4.78, 5) is 23.0. The highest BCUT2D eigenvalue weighted by Gasteiger charge is 2.20. The topological polar surface area (TPSA) is 103 Å². The summed E-state index contributed by atoms with van der Waals surface area (Å²) in [6.07, 6.45) is 0.651. The van der Waals surface area contributed by atoms with Gasteiger partial charge in [0.1, 0.15) is 5.82 Å². The lowest BCUT2D eigenvalue weighted by Gasteiger charge is -2.21. The Balaban J connectivity index is 1.54. The van der Waals surface area contributed by atoms with E-state index < -0.39 is 0 Å². The number of aryl methyl sites for hydroxylation is 1. The number of para-hydroxylation sites is 1. The maximum atomic E-state index is 13.1. The molecule has 8 heteroatoms. The van der Waals surface area contributed by atoms with Gasteiger partial charge in [-0.2, -0.15) is 5.21 Å². The first kappa shape index (κ1) is 17.8. The molecule has 0 radical (unpaired) electrons. The van der Waals surface area contributed by atoms with Crippen molar-refractivity contribution in [2.45, 2.75) is 20.3 Å². The van der Waals surface area contributed by atoms with Crippen LogP contribution >= 0.6 is 0 Å². The fourth-order valence-electron chi connectivity index (χ4n) is 3.30. The van der Waals surface area contributed by atoms with Crippen LogP contribution in [-0.2, 0) is 6.42 Å². The SMILES string of the molecule is CCN(CCc1nc2c(C)cccc2[nH]1)C(=O)c1ccccc1-c1nn[nH]n1. The number of carbonyl (C=O) groups is 1. The monoisotopic (exact) mass is 375 g/mol. The van der Waals surface area contributed by atoms with E-state index >= 15 is 0 Å². The minimum atomic E-state index is -0.0600. The van der Waals surface area contributed by atoms with Gasteiger partial charge in [0.05, 0.1) is 16.6 Å². The summed E-state index contributed by atoms with van der Waals surface area (Å²) in [6, 6.07) is 13.4. The van der Waals surface area contributed by atoms with Gasteiger partial charge in [0.15, 0.2) is 0 Å². The molecule has 28 heavy (non-hydrogen) atoms. The average Bonchev–Trinajstić information content (AvgIpc) is 3.39. The summed E-state index contributed by atoms with van der Waals surface area (Å²) in [6.45, 7) is 5.18. The molecular formula is C20H21N7O. The molecule has 0 aliphatic rings. The van der Waals surface area contributed by atoms with Crippen molar-refractivity contribution in [1.29, 1.82) is 0 Å². The third-order valence-corrected chi connectivity index (χ3v) is 4.79. The smallest absolute Gasteiger partial charge is 0.254 e. The van der Waals surface area contributed by atoms with E-state index in [1.54, 1.807) is 11.0 Å². The van der Waals surface area contributed by atoms with Crippen LogP contribution in [0.25, 0.3) is 22.4 Å². The van der Waals surface area contributed by atoms with Gasteiger partial charge in [0.25, 0.3) is 5.91 Å². The van der Waals surface area contributed by atoms with Crippen LogP contribution in [-0.4, -0.2) is 54.5 Å². The lowest BCUT2D eigenvalue weighted by molar-refractivity contribution is 0.0766. The van der Waals surface area contributed by atoms with E-state index in [1.165, 1.54) is 0 Å². The Morgan fingerprint density at radius 3 is 2.75 bits per heavy atom. The van der Waals surface area contributed by atoms with Gasteiger partial charge in [-0.05, 0) is 36.8 Å². The number of likely N-dealkylation sites (N-methyl/N-ethyl adjacent to an activating group) is 1. The molecule has 2 heterocycles. The van der Waals surface area contributed by atoms with Crippen molar-refractivity contribution in [1.82, 2.24) is 35.5 Å². The number of H-pyrrole nitrogens is 2. The molecule has 0 saturated carbocycles. The summed E-state index contributed by atoms with van der Waals surface area (Å²) in [7, 11) is 0. The van der Waals surface area contributed by atoms with Crippen molar-refractivity contribution in [3.63, 3.8) is 0 Å². The zero-order chi connectivity index (χ0) is 19.5. The number of carbonyl (C=O) groups excluding carboxylic acids is 1. The van der Waals surface area contributed by atoms with Crippen LogP contribution < -0.4 is 0 Å². The van der Waals surface area contributed by atoms with Crippen LogP contribution in [0.2, 0.25) is 0 Å². The van der Waals surface area contributed by atoms with Crippen LogP contribution in [0.5, 0.6) is 0 Å². The van der Waals surface area contributed by atoms with Gasteiger partial charge >= 0.3 is 0 Å². The summed E-state index contributed by atoms with van der Waals surface area (Å²) in [5.41, 5.74) is 4.36. The van der Waals surface area contributed by atoms with E-state index in [-0.39, 0.29) is 5.91 Å². The van der Waals surface area contributed by atoms with Gasteiger partial charge in [0.2, 0.25) is 5.82 Å². The standard InChI is InChI=1S/C20H21N7O/c1-3-27(12-11-17-21-16-10-6-7-13(2)18(16)22-17)20(28)15-9-5-4-8-14(15)19-23-25-26-24-19/h4-10H,3,11-12H2,1-2H3,(H,21,22)(H,23,24,25,26). The fraction of sp³-hybridized carbons (Fsp3) is 0.250. The number of hydrogen-bond acceptors (Lipinski definition) is 5. The summed E-state index contributed by atoms with van der Waals surface area (Å²) < 4.78 is 0. The van der Waals surface area contributed by atoms with E-state index in [0.29, 0.717) is 36.5 Å². The molecule has 0 atom stereocenters. The van der Waals surface area contributed by atoms with Gasteiger partial charge in [-0.1, -0.05) is 30.3 Å². The van der Waals surface area contributed by atoms with Crippen LogP contribution in [0, 0.1) is 6.92 Å². The molecular weight excluding hydrogens is 354 g/mol. The third-order valence-electron chi connectivity index (χ3n) is 4.79. The molecule has 142 valence electrons. The highest BCUT2D eigenvalue weighted by Crippen LogP contribution is 2.21. The van der Waals surface area contributed by atoms with Gasteiger partial charge in [-0.25, -0.2) is 4.98 Å². The minimum Gasteiger partial charge on any atom is -0.342 e. The average molecular weight is 375 g/mol. The lowest BCUT2D eigenvalue weighted by atomic mass is 10.1. The molecule has 8 nitrogen and oxygen atoms in total.